The molecule has 0 bridgehead atoms. The smallest absolute Gasteiger partial charge is 0.303 e. The summed E-state index contributed by atoms with van der Waals surface area (Å²) in [5.41, 5.74) is 1.14. The van der Waals surface area contributed by atoms with Crippen LogP contribution in [0.2, 0.25) is 0 Å². The van der Waals surface area contributed by atoms with Gasteiger partial charge in [0, 0.05) is 11.8 Å². The van der Waals surface area contributed by atoms with E-state index in [1.807, 2.05) is 0 Å². The van der Waals surface area contributed by atoms with E-state index in [4.69, 9.17) is 5.11 Å². The van der Waals surface area contributed by atoms with Crippen LogP contribution < -0.4 is 0 Å². The van der Waals surface area contributed by atoms with E-state index in [1.54, 1.807) is 11.3 Å². The minimum absolute atomic E-state index is 0.270. The number of carbonyl (C=O) groups is 1. The number of aryl methyl sites for hydroxylation is 2. The van der Waals surface area contributed by atoms with Crippen LogP contribution in [0.5, 0.6) is 0 Å². The lowest BCUT2D eigenvalue weighted by Crippen LogP contribution is -1.94. The Kier molecular flexibility index (Phi) is 4.59. The predicted molar refractivity (Wildman–Crippen MR) is 56.7 cm³/mol. The van der Waals surface area contributed by atoms with Gasteiger partial charge in [-0.2, -0.15) is 0 Å². The van der Waals surface area contributed by atoms with Crippen molar-refractivity contribution in [1.29, 1.82) is 0 Å². The Bertz CT molecular complexity index is 296. The highest BCUT2D eigenvalue weighted by Crippen LogP contribution is 2.13. The first kappa shape index (κ1) is 11.2. The zero-order valence-electron chi connectivity index (χ0n) is 8.32. The zero-order chi connectivity index (χ0) is 10.4. The van der Waals surface area contributed by atoms with Crippen molar-refractivity contribution in [2.75, 3.05) is 0 Å². The van der Waals surface area contributed by atoms with Crippen LogP contribution in [0.3, 0.4) is 0 Å². The number of rotatable bonds is 6. The average Bonchev–Trinajstić information content (AvgIpc) is 2.60. The van der Waals surface area contributed by atoms with E-state index >= 15 is 0 Å². The monoisotopic (exact) mass is 213 g/mol. The van der Waals surface area contributed by atoms with E-state index in [1.165, 1.54) is 0 Å². The normalized spacial score (nSPS) is 10.4. The van der Waals surface area contributed by atoms with E-state index in [-0.39, 0.29) is 6.42 Å². The second kappa shape index (κ2) is 5.75. The largest absolute Gasteiger partial charge is 0.481 e. The van der Waals surface area contributed by atoms with Gasteiger partial charge in [0.1, 0.15) is 0 Å². The summed E-state index contributed by atoms with van der Waals surface area (Å²) in [6.45, 7) is 2.09. The van der Waals surface area contributed by atoms with Gasteiger partial charge in [0.2, 0.25) is 0 Å². The van der Waals surface area contributed by atoms with Crippen LogP contribution in [0.1, 0.15) is 36.9 Å². The van der Waals surface area contributed by atoms with E-state index < -0.39 is 5.97 Å². The standard InChI is InChI=1S/C10H15NO2S/c1-2-8-7-14-9(11-8)5-3-4-6-10(12)13/h7H,2-6H2,1H3,(H,12,13). The van der Waals surface area contributed by atoms with E-state index in [9.17, 15) is 4.79 Å². The van der Waals surface area contributed by atoms with Crippen molar-refractivity contribution in [3.8, 4) is 0 Å². The highest BCUT2D eigenvalue weighted by atomic mass is 32.1. The molecular weight excluding hydrogens is 198 g/mol. The molecule has 0 atom stereocenters. The molecule has 4 heteroatoms. The Balaban J connectivity index is 2.21. The number of unbranched alkanes of at least 4 members (excludes halogenated alkanes) is 1. The molecule has 1 aromatic heterocycles. The Labute approximate surface area is 87.8 Å². The first-order valence-electron chi connectivity index (χ1n) is 4.87. The van der Waals surface area contributed by atoms with Crippen LogP contribution >= 0.6 is 11.3 Å². The molecule has 0 aliphatic heterocycles. The zero-order valence-corrected chi connectivity index (χ0v) is 9.14. The van der Waals surface area contributed by atoms with Crippen LogP contribution in [-0.4, -0.2) is 16.1 Å². The first-order valence-corrected chi connectivity index (χ1v) is 5.75. The number of aliphatic carboxylic acids is 1. The third kappa shape index (κ3) is 3.87. The molecule has 3 nitrogen and oxygen atoms in total. The van der Waals surface area contributed by atoms with E-state index in [2.05, 4.69) is 17.3 Å². The molecule has 0 unspecified atom stereocenters. The third-order valence-electron chi connectivity index (χ3n) is 1.99. The third-order valence-corrected chi connectivity index (χ3v) is 2.95. The predicted octanol–water partition coefficient (Wildman–Crippen LogP) is 2.50. The van der Waals surface area contributed by atoms with Crippen molar-refractivity contribution < 1.29 is 9.90 Å². The van der Waals surface area contributed by atoms with Crippen molar-refractivity contribution in [2.45, 2.75) is 39.0 Å². The Morgan fingerprint density at radius 2 is 2.36 bits per heavy atom. The summed E-state index contributed by atoms with van der Waals surface area (Å²) >= 11 is 1.67. The first-order chi connectivity index (χ1) is 6.72. The molecule has 1 rings (SSSR count). The maximum Gasteiger partial charge on any atom is 0.303 e. The van der Waals surface area contributed by atoms with Crippen LogP contribution in [0.4, 0.5) is 0 Å². The lowest BCUT2D eigenvalue weighted by atomic mass is 10.2. The van der Waals surface area contributed by atoms with E-state index in [0.717, 1.165) is 36.4 Å². The molecule has 0 amide bonds. The maximum atomic E-state index is 10.2. The number of nitrogens with zero attached hydrogens (tertiary/aromatic N) is 1. The van der Waals surface area contributed by atoms with Gasteiger partial charge in [-0.05, 0) is 25.7 Å². The fourth-order valence-corrected chi connectivity index (χ4v) is 2.10. The molecule has 1 heterocycles. The second-order valence-electron chi connectivity index (χ2n) is 3.19. The minimum Gasteiger partial charge on any atom is -0.481 e. The molecule has 0 spiro atoms. The summed E-state index contributed by atoms with van der Waals surface area (Å²) in [7, 11) is 0. The molecule has 0 aromatic carbocycles. The Morgan fingerprint density at radius 1 is 1.57 bits per heavy atom. The van der Waals surface area contributed by atoms with Gasteiger partial charge in [-0.15, -0.1) is 11.3 Å². The number of thiazole rings is 1. The van der Waals surface area contributed by atoms with Gasteiger partial charge in [0.25, 0.3) is 0 Å². The SMILES string of the molecule is CCc1csc(CCCCC(=O)O)n1. The fourth-order valence-electron chi connectivity index (χ4n) is 1.18. The highest BCUT2D eigenvalue weighted by Gasteiger charge is 2.01. The molecule has 14 heavy (non-hydrogen) atoms. The van der Waals surface area contributed by atoms with Gasteiger partial charge in [0.15, 0.2) is 0 Å². The number of carboxylic acid groups (broad SMARTS) is 1. The molecule has 0 fully saturated rings. The lowest BCUT2D eigenvalue weighted by Gasteiger charge is -1.94. The Morgan fingerprint density at radius 3 is 2.93 bits per heavy atom. The fraction of sp³-hybridized carbons (Fsp3) is 0.600. The highest BCUT2D eigenvalue weighted by molar-refractivity contribution is 7.09. The molecule has 0 aliphatic carbocycles. The second-order valence-corrected chi connectivity index (χ2v) is 4.13. The van der Waals surface area contributed by atoms with Crippen LogP contribution in [0, 0.1) is 0 Å². The van der Waals surface area contributed by atoms with Gasteiger partial charge in [-0.1, -0.05) is 6.92 Å². The number of hydrogen-bond acceptors (Lipinski definition) is 3. The average molecular weight is 213 g/mol. The van der Waals surface area contributed by atoms with Gasteiger partial charge in [-0.3, -0.25) is 4.79 Å². The van der Waals surface area contributed by atoms with Crippen molar-refractivity contribution in [1.82, 2.24) is 4.98 Å². The number of hydrogen-bond donors (Lipinski definition) is 1. The summed E-state index contributed by atoms with van der Waals surface area (Å²) in [4.78, 5) is 14.7. The lowest BCUT2D eigenvalue weighted by molar-refractivity contribution is -0.137. The summed E-state index contributed by atoms with van der Waals surface area (Å²) in [6, 6.07) is 0. The van der Waals surface area contributed by atoms with Gasteiger partial charge in [-0.25, -0.2) is 4.98 Å². The summed E-state index contributed by atoms with van der Waals surface area (Å²) < 4.78 is 0. The van der Waals surface area contributed by atoms with Gasteiger partial charge in [0.05, 0.1) is 10.7 Å². The van der Waals surface area contributed by atoms with Crippen LogP contribution in [0.25, 0.3) is 0 Å². The minimum atomic E-state index is -0.710. The van der Waals surface area contributed by atoms with Crippen molar-refractivity contribution in [2.24, 2.45) is 0 Å². The Hall–Kier alpha value is -0.900. The molecular formula is C10H15NO2S. The quantitative estimate of drug-likeness (QED) is 0.739. The maximum absolute atomic E-state index is 10.2. The van der Waals surface area contributed by atoms with Crippen molar-refractivity contribution in [3.63, 3.8) is 0 Å². The van der Waals surface area contributed by atoms with E-state index in [0.29, 0.717) is 0 Å². The number of carboxylic acids is 1. The van der Waals surface area contributed by atoms with Crippen molar-refractivity contribution in [3.05, 3.63) is 16.1 Å². The van der Waals surface area contributed by atoms with Crippen LogP contribution in [-0.2, 0) is 17.6 Å². The van der Waals surface area contributed by atoms with Gasteiger partial charge >= 0.3 is 5.97 Å². The molecule has 0 saturated carbocycles. The molecule has 78 valence electrons. The topological polar surface area (TPSA) is 50.2 Å². The molecule has 1 aromatic rings. The molecule has 0 aliphatic rings. The van der Waals surface area contributed by atoms with Crippen molar-refractivity contribution >= 4 is 17.3 Å². The summed E-state index contributed by atoms with van der Waals surface area (Å²) in [5.74, 6) is -0.710. The molecule has 0 radical (unpaired) electrons. The van der Waals surface area contributed by atoms with Gasteiger partial charge < -0.3 is 5.11 Å². The molecule has 0 saturated heterocycles. The summed E-state index contributed by atoms with van der Waals surface area (Å²) in [5, 5.41) is 11.6. The molecule has 1 N–H and O–H groups in total. The van der Waals surface area contributed by atoms with Crippen LogP contribution in [0.15, 0.2) is 5.38 Å². The summed E-state index contributed by atoms with van der Waals surface area (Å²) in [6.07, 6.45) is 3.83. The number of aromatic nitrogens is 1.